The van der Waals surface area contributed by atoms with Gasteiger partial charge in [0.15, 0.2) is 5.01 Å². The topological polar surface area (TPSA) is 96.5 Å². The van der Waals surface area contributed by atoms with Crippen LogP contribution in [0.4, 0.5) is 0 Å². The fraction of sp³-hybridized carbons (Fsp3) is 0.643. The molecule has 1 fully saturated rings. The Hall–Kier alpha value is -1.47. The van der Waals surface area contributed by atoms with Crippen molar-refractivity contribution in [2.45, 2.75) is 51.7 Å². The molecule has 0 aliphatic carbocycles. The molecule has 7 heteroatoms. The molecule has 2 amide bonds. The molecule has 0 saturated carbocycles. The van der Waals surface area contributed by atoms with Crippen molar-refractivity contribution in [3.05, 3.63) is 15.6 Å². The van der Waals surface area contributed by atoms with E-state index in [1.165, 1.54) is 0 Å². The van der Waals surface area contributed by atoms with Crippen molar-refractivity contribution in [2.75, 3.05) is 6.54 Å². The Bertz CT molecular complexity index is 562. The van der Waals surface area contributed by atoms with Gasteiger partial charge >= 0.3 is 0 Å². The summed E-state index contributed by atoms with van der Waals surface area (Å²) in [6, 6.07) is 0.172. The van der Waals surface area contributed by atoms with Crippen molar-refractivity contribution in [1.82, 2.24) is 9.88 Å². The van der Waals surface area contributed by atoms with E-state index in [1.54, 1.807) is 18.7 Å². The number of amides is 2. The van der Waals surface area contributed by atoms with E-state index < -0.39 is 11.5 Å². The molecule has 2 heterocycles. The van der Waals surface area contributed by atoms with Crippen LogP contribution in [0.3, 0.4) is 0 Å². The minimum absolute atomic E-state index is 0.115. The quantitative estimate of drug-likeness (QED) is 0.872. The molecular formula is C14H21N3O3S. The molecule has 1 aromatic heterocycles. The van der Waals surface area contributed by atoms with Gasteiger partial charge in [-0.25, -0.2) is 4.98 Å². The van der Waals surface area contributed by atoms with Gasteiger partial charge in [0, 0.05) is 23.9 Å². The lowest BCUT2D eigenvalue weighted by atomic mass is 10.0. The van der Waals surface area contributed by atoms with E-state index in [1.807, 2.05) is 6.92 Å². The van der Waals surface area contributed by atoms with Crippen molar-refractivity contribution in [1.29, 1.82) is 0 Å². The number of carbonyl (C=O) groups is 2. The SMILES string of the molecule is CC1CCCN1C(=O)c1nc(C(N)=O)sc1CC(C)(C)O. The van der Waals surface area contributed by atoms with Crippen LogP contribution in [0.1, 0.15) is 58.8 Å². The van der Waals surface area contributed by atoms with Crippen LogP contribution in [-0.2, 0) is 6.42 Å². The van der Waals surface area contributed by atoms with Gasteiger partial charge in [-0.15, -0.1) is 11.3 Å². The van der Waals surface area contributed by atoms with Gasteiger partial charge in [-0.2, -0.15) is 0 Å². The molecule has 2 rings (SSSR count). The predicted molar refractivity (Wildman–Crippen MR) is 80.4 cm³/mol. The number of nitrogens with two attached hydrogens (primary N) is 1. The highest BCUT2D eigenvalue weighted by Gasteiger charge is 2.31. The number of thiazole rings is 1. The maximum absolute atomic E-state index is 12.6. The number of rotatable bonds is 4. The summed E-state index contributed by atoms with van der Waals surface area (Å²) in [7, 11) is 0. The summed E-state index contributed by atoms with van der Waals surface area (Å²) in [5.74, 6) is -0.825. The van der Waals surface area contributed by atoms with Gasteiger partial charge in [0.2, 0.25) is 0 Å². The molecule has 1 unspecified atom stereocenters. The van der Waals surface area contributed by atoms with Gasteiger partial charge in [-0.05, 0) is 33.6 Å². The molecule has 1 aliphatic heterocycles. The third-order valence-electron chi connectivity index (χ3n) is 3.52. The van der Waals surface area contributed by atoms with E-state index in [0.717, 1.165) is 24.2 Å². The van der Waals surface area contributed by atoms with Crippen LogP contribution in [0.15, 0.2) is 0 Å². The molecule has 3 N–H and O–H groups in total. The summed E-state index contributed by atoms with van der Waals surface area (Å²) >= 11 is 1.09. The highest BCUT2D eigenvalue weighted by molar-refractivity contribution is 7.13. The van der Waals surface area contributed by atoms with Gasteiger partial charge in [0.05, 0.1) is 5.60 Å². The summed E-state index contributed by atoms with van der Waals surface area (Å²) in [6.07, 6.45) is 2.21. The molecule has 1 aliphatic rings. The zero-order valence-corrected chi connectivity index (χ0v) is 13.4. The molecular weight excluding hydrogens is 290 g/mol. The second-order valence-electron chi connectivity index (χ2n) is 6.13. The first-order valence-electron chi connectivity index (χ1n) is 7.02. The van der Waals surface area contributed by atoms with Crippen LogP contribution in [0.2, 0.25) is 0 Å². The van der Waals surface area contributed by atoms with Crippen molar-refractivity contribution >= 4 is 23.2 Å². The van der Waals surface area contributed by atoms with Gasteiger partial charge in [0.1, 0.15) is 5.69 Å². The monoisotopic (exact) mass is 311 g/mol. The number of aromatic nitrogens is 1. The lowest BCUT2D eigenvalue weighted by molar-refractivity contribution is 0.0728. The summed E-state index contributed by atoms with van der Waals surface area (Å²) in [5, 5.41) is 10.1. The van der Waals surface area contributed by atoms with Crippen LogP contribution in [0.5, 0.6) is 0 Å². The second kappa shape index (κ2) is 5.73. The van der Waals surface area contributed by atoms with E-state index >= 15 is 0 Å². The first-order chi connectivity index (χ1) is 9.69. The first kappa shape index (κ1) is 15.9. The van der Waals surface area contributed by atoms with E-state index in [0.29, 0.717) is 11.4 Å². The number of hydrogen-bond acceptors (Lipinski definition) is 5. The lowest BCUT2D eigenvalue weighted by Crippen LogP contribution is -2.35. The van der Waals surface area contributed by atoms with Crippen LogP contribution < -0.4 is 5.73 Å². The smallest absolute Gasteiger partial charge is 0.277 e. The van der Waals surface area contributed by atoms with Crippen molar-refractivity contribution in [3.8, 4) is 0 Å². The Kier molecular flexibility index (Phi) is 4.34. The molecule has 1 atom stereocenters. The Labute approximate surface area is 128 Å². The van der Waals surface area contributed by atoms with Crippen molar-refractivity contribution < 1.29 is 14.7 Å². The minimum Gasteiger partial charge on any atom is -0.390 e. The Morgan fingerprint density at radius 3 is 2.67 bits per heavy atom. The Morgan fingerprint density at radius 1 is 1.52 bits per heavy atom. The Balaban J connectivity index is 2.36. The molecule has 116 valence electrons. The predicted octanol–water partition coefficient (Wildman–Crippen LogP) is 1.18. The standard InChI is InChI=1S/C14H21N3O3S/c1-8-5-4-6-17(8)13(19)10-9(7-14(2,3)20)21-12(16-10)11(15)18/h8,20H,4-7H2,1-3H3,(H2,15,18). The van der Waals surface area contributed by atoms with Crippen LogP contribution in [0, 0.1) is 0 Å². The molecule has 1 aromatic rings. The molecule has 0 bridgehead atoms. The average molecular weight is 311 g/mol. The van der Waals surface area contributed by atoms with Crippen molar-refractivity contribution in [2.24, 2.45) is 5.73 Å². The van der Waals surface area contributed by atoms with E-state index in [9.17, 15) is 14.7 Å². The number of nitrogens with zero attached hydrogens (tertiary/aromatic N) is 2. The highest BCUT2D eigenvalue weighted by Crippen LogP contribution is 2.27. The number of aliphatic hydroxyl groups is 1. The normalized spacial score (nSPS) is 19.0. The minimum atomic E-state index is -0.979. The van der Waals surface area contributed by atoms with E-state index in [2.05, 4.69) is 4.98 Å². The molecule has 0 aromatic carbocycles. The lowest BCUT2D eigenvalue weighted by Gasteiger charge is -2.22. The summed E-state index contributed by atoms with van der Waals surface area (Å²) < 4.78 is 0. The first-order valence-corrected chi connectivity index (χ1v) is 7.83. The van der Waals surface area contributed by atoms with E-state index in [-0.39, 0.29) is 29.1 Å². The Morgan fingerprint density at radius 2 is 2.19 bits per heavy atom. The third kappa shape index (κ3) is 3.59. The van der Waals surface area contributed by atoms with Crippen LogP contribution in [-0.4, -0.2) is 45.0 Å². The number of carbonyl (C=O) groups excluding carboxylic acids is 2. The molecule has 21 heavy (non-hydrogen) atoms. The number of likely N-dealkylation sites (tertiary alicyclic amines) is 1. The average Bonchev–Trinajstić information content (AvgIpc) is 2.93. The molecule has 6 nitrogen and oxygen atoms in total. The maximum Gasteiger partial charge on any atom is 0.277 e. The van der Waals surface area contributed by atoms with Gasteiger partial charge in [0.25, 0.3) is 11.8 Å². The molecule has 0 radical (unpaired) electrons. The number of hydrogen-bond donors (Lipinski definition) is 2. The summed E-state index contributed by atoms with van der Waals surface area (Å²) in [5.41, 5.74) is 4.54. The zero-order chi connectivity index (χ0) is 15.8. The van der Waals surface area contributed by atoms with Crippen LogP contribution >= 0.6 is 11.3 Å². The molecule has 1 saturated heterocycles. The van der Waals surface area contributed by atoms with Crippen LogP contribution in [0.25, 0.3) is 0 Å². The van der Waals surface area contributed by atoms with Gasteiger partial charge in [-0.3, -0.25) is 9.59 Å². The zero-order valence-electron chi connectivity index (χ0n) is 12.5. The van der Waals surface area contributed by atoms with Gasteiger partial charge in [-0.1, -0.05) is 0 Å². The third-order valence-corrected chi connectivity index (χ3v) is 4.59. The van der Waals surface area contributed by atoms with E-state index in [4.69, 9.17) is 5.73 Å². The van der Waals surface area contributed by atoms with Gasteiger partial charge < -0.3 is 15.7 Å². The summed E-state index contributed by atoms with van der Waals surface area (Å²) in [6.45, 7) is 6.01. The fourth-order valence-corrected chi connectivity index (χ4v) is 3.63. The second-order valence-corrected chi connectivity index (χ2v) is 7.22. The number of primary amides is 1. The molecule has 0 spiro atoms. The maximum atomic E-state index is 12.6. The fourth-order valence-electron chi connectivity index (χ4n) is 2.51. The largest absolute Gasteiger partial charge is 0.390 e. The summed E-state index contributed by atoms with van der Waals surface area (Å²) in [4.78, 5) is 30.5. The van der Waals surface area contributed by atoms with Crippen molar-refractivity contribution in [3.63, 3.8) is 0 Å². The highest BCUT2D eigenvalue weighted by atomic mass is 32.1.